The van der Waals surface area contributed by atoms with Crippen molar-refractivity contribution >= 4 is 12.4 Å². The number of rotatable bonds is 13. The van der Waals surface area contributed by atoms with Crippen molar-refractivity contribution in [3.05, 3.63) is 35.9 Å². The largest absolute Gasteiger partial charge is 0.412 e. The zero-order valence-electron chi connectivity index (χ0n) is 16.7. The molecule has 0 atom stereocenters. The predicted molar refractivity (Wildman–Crippen MR) is 113 cm³/mol. The van der Waals surface area contributed by atoms with Crippen LogP contribution in [0.2, 0.25) is 0 Å². The first-order chi connectivity index (χ1) is 10.6. The van der Waals surface area contributed by atoms with Gasteiger partial charge in [0, 0.05) is 5.56 Å². The Bertz CT molecular complexity index is 371. The van der Waals surface area contributed by atoms with Crippen LogP contribution in [0.25, 0.3) is 0 Å². The maximum absolute atomic E-state index is 2.36. The van der Waals surface area contributed by atoms with Gasteiger partial charge in [0.1, 0.15) is 6.54 Å². The summed E-state index contributed by atoms with van der Waals surface area (Å²) < 4.78 is 1.11. The molecule has 4 N–H and O–H groups in total. The van der Waals surface area contributed by atoms with Crippen molar-refractivity contribution in [2.75, 3.05) is 20.6 Å². The van der Waals surface area contributed by atoms with Crippen LogP contribution in [-0.2, 0) is 6.54 Å². The van der Waals surface area contributed by atoms with E-state index in [9.17, 15) is 0 Å². The van der Waals surface area contributed by atoms with E-state index in [1.165, 1.54) is 76.3 Å². The molecule has 0 amide bonds. The second kappa shape index (κ2) is 18.2. The molecule has 3 nitrogen and oxygen atoms in total. The standard InChI is InChI=1S/C21H38N.ClH.2H2O/c1-4-5-6-7-8-9-10-11-12-16-19-22(2,3)20-21-17-14-13-15-18-21;;;/h13-15,17-18H,4-12,16,19-20H2,1-3H3;1H;2*1H2/q+1;;;. The number of unbranched alkanes of at least 4 members (excludes halogenated alkanes) is 9. The fourth-order valence-corrected chi connectivity index (χ4v) is 3.18. The van der Waals surface area contributed by atoms with Gasteiger partial charge in [0.2, 0.25) is 0 Å². The van der Waals surface area contributed by atoms with Gasteiger partial charge in [-0.15, -0.1) is 12.4 Å². The molecule has 150 valence electrons. The predicted octanol–water partition coefficient (Wildman–Crippen LogP) is 4.96. The highest BCUT2D eigenvalue weighted by atomic mass is 35.5. The number of nitrogens with zero attached hydrogens (tertiary/aromatic N) is 1. The van der Waals surface area contributed by atoms with Gasteiger partial charge in [0.25, 0.3) is 0 Å². The van der Waals surface area contributed by atoms with E-state index in [0.717, 1.165) is 11.0 Å². The zero-order valence-corrected chi connectivity index (χ0v) is 17.5. The monoisotopic (exact) mass is 376 g/mol. The molecule has 4 heteroatoms. The van der Waals surface area contributed by atoms with E-state index in [-0.39, 0.29) is 23.4 Å². The van der Waals surface area contributed by atoms with Gasteiger partial charge >= 0.3 is 0 Å². The minimum Gasteiger partial charge on any atom is -0.412 e. The van der Waals surface area contributed by atoms with E-state index < -0.39 is 0 Å². The highest BCUT2D eigenvalue weighted by Crippen LogP contribution is 2.13. The van der Waals surface area contributed by atoms with E-state index >= 15 is 0 Å². The molecule has 25 heavy (non-hydrogen) atoms. The van der Waals surface area contributed by atoms with Gasteiger partial charge in [0.05, 0.1) is 20.6 Å². The van der Waals surface area contributed by atoms with Crippen LogP contribution in [0.5, 0.6) is 0 Å². The van der Waals surface area contributed by atoms with Crippen molar-refractivity contribution in [1.82, 2.24) is 0 Å². The molecule has 0 heterocycles. The Morgan fingerprint density at radius 2 is 1.12 bits per heavy atom. The molecule has 0 aliphatic heterocycles. The third kappa shape index (κ3) is 16.6. The van der Waals surface area contributed by atoms with E-state index in [1.54, 1.807) is 0 Å². The molecular weight excluding hydrogens is 334 g/mol. The summed E-state index contributed by atoms with van der Waals surface area (Å²) >= 11 is 0. The van der Waals surface area contributed by atoms with Crippen molar-refractivity contribution in [2.24, 2.45) is 0 Å². The Kier molecular flexibility index (Phi) is 21.2. The Balaban J connectivity index is -0.00000161. The Morgan fingerprint density at radius 3 is 1.60 bits per heavy atom. The van der Waals surface area contributed by atoms with Crippen LogP contribution in [0.3, 0.4) is 0 Å². The second-order valence-corrected chi connectivity index (χ2v) is 7.49. The highest BCUT2D eigenvalue weighted by molar-refractivity contribution is 5.85. The lowest BCUT2D eigenvalue weighted by molar-refractivity contribution is -0.903. The molecular formula is C21H43ClNO2+. The highest BCUT2D eigenvalue weighted by Gasteiger charge is 2.14. The van der Waals surface area contributed by atoms with Crippen LogP contribution < -0.4 is 0 Å². The first-order valence-corrected chi connectivity index (χ1v) is 9.50. The maximum Gasteiger partial charge on any atom is 0.104 e. The van der Waals surface area contributed by atoms with Crippen LogP contribution in [-0.4, -0.2) is 36.1 Å². The average Bonchev–Trinajstić information content (AvgIpc) is 2.49. The normalized spacial score (nSPS) is 10.4. The summed E-state index contributed by atoms with van der Waals surface area (Å²) in [6.45, 7) is 4.74. The summed E-state index contributed by atoms with van der Waals surface area (Å²) in [5, 5.41) is 0. The summed E-state index contributed by atoms with van der Waals surface area (Å²) in [4.78, 5) is 0. The third-order valence-electron chi connectivity index (χ3n) is 4.57. The summed E-state index contributed by atoms with van der Waals surface area (Å²) in [6.07, 6.45) is 14.2. The van der Waals surface area contributed by atoms with E-state index in [4.69, 9.17) is 0 Å². The molecule has 0 aliphatic rings. The van der Waals surface area contributed by atoms with Gasteiger partial charge in [-0.3, -0.25) is 0 Å². The zero-order chi connectivity index (χ0) is 16.1. The topological polar surface area (TPSA) is 63.0 Å². The van der Waals surface area contributed by atoms with Crippen LogP contribution in [0, 0.1) is 0 Å². The average molecular weight is 377 g/mol. The SMILES string of the molecule is CCCCCCCCCCCC[N+](C)(C)Cc1ccccc1.Cl.O.O. The molecule has 0 unspecified atom stereocenters. The second-order valence-electron chi connectivity index (χ2n) is 7.49. The van der Waals surface area contributed by atoms with Gasteiger partial charge in [-0.1, -0.05) is 88.6 Å². The maximum atomic E-state index is 2.36. The quantitative estimate of drug-likeness (QED) is 0.345. The lowest BCUT2D eigenvalue weighted by atomic mass is 10.1. The van der Waals surface area contributed by atoms with Gasteiger partial charge in [-0.2, -0.15) is 0 Å². The Hall–Kier alpha value is -0.610. The third-order valence-corrected chi connectivity index (χ3v) is 4.57. The Labute approximate surface area is 162 Å². The molecule has 0 bridgehead atoms. The molecule has 0 radical (unpaired) electrons. The molecule has 1 rings (SSSR count). The molecule has 1 aromatic carbocycles. The number of halogens is 1. The first kappa shape index (κ1) is 29.2. The van der Waals surface area contributed by atoms with Crippen LogP contribution in [0.4, 0.5) is 0 Å². The smallest absolute Gasteiger partial charge is 0.104 e. The molecule has 0 aromatic heterocycles. The minimum absolute atomic E-state index is 0. The summed E-state index contributed by atoms with van der Waals surface area (Å²) in [5.41, 5.74) is 1.46. The summed E-state index contributed by atoms with van der Waals surface area (Å²) in [6, 6.07) is 10.9. The molecule has 1 aromatic rings. The molecule has 0 saturated heterocycles. The minimum atomic E-state index is 0. The number of hydrogen-bond acceptors (Lipinski definition) is 0. The molecule has 0 aliphatic carbocycles. The van der Waals surface area contributed by atoms with Crippen molar-refractivity contribution < 1.29 is 15.4 Å². The summed E-state index contributed by atoms with van der Waals surface area (Å²) in [7, 11) is 4.72. The Morgan fingerprint density at radius 1 is 0.680 bits per heavy atom. The van der Waals surface area contributed by atoms with Crippen LogP contribution in [0.15, 0.2) is 30.3 Å². The van der Waals surface area contributed by atoms with E-state index in [0.29, 0.717) is 0 Å². The van der Waals surface area contributed by atoms with Gasteiger partial charge in [-0.05, 0) is 12.8 Å². The fraction of sp³-hybridized carbons (Fsp3) is 0.714. The number of quaternary nitrogens is 1. The molecule has 0 fully saturated rings. The van der Waals surface area contributed by atoms with Crippen molar-refractivity contribution in [3.63, 3.8) is 0 Å². The van der Waals surface area contributed by atoms with Crippen LogP contribution in [0.1, 0.15) is 76.7 Å². The number of hydrogen-bond donors (Lipinski definition) is 0. The van der Waals surface area contributed by atoms with Crippen molar-refractivity contribution in [2.45, 2.75) is 77.7 Å². The van der Waals surface area contributed by atoms with Crippen LogP contribution >= 0.6 is 12.4 Å². The van der Waals surface area contributed by atoms with Gasteiger partial charge < -0.3 is 15.4 Å². The van der Waals surface area contributed by atoms with Crippen molar-refractivity contribution in [1.29, 1.82) is 0 Å². The van der Waals surface area contributed by atoms with Gasteiger partial charge in [-0.25, -0.2) is 0 Å². The van der Waals surface area contributed by atoms with Gasteiger partial charge in [0.15, 0.2) is 0 Å². The van der Waals surface area contributed by atoms with Crippen molar-refractivity contribution in [3.8, 4) is 0 Å². The van der Waals surface area contributed by atoms with E-state index in [1.807, 2.05) is 0 Å². The first-order valence-electron chi connectivity index (χ1n) is 9.50. The molecule has 0 saturated carbocycles. The summed E-state index contributed by atoms with van der Waals surface area (Å²) in [5.74, 6) is 0. The fourth-order valence-electron chi connectivity index (χ4n) is 3.18. The molecule has 0 spiro atoms. The van der Waals surface area contributed by atoms with E-state index in [2.05, 4.69) is 51.4 Å². The lowest BCUT2D eigenvalue weighted by Gasteiger charge is -2.30. The number of benzene rings is 1. The lowest BCUT2D eigenvalue weighted by Crippen LogP contribution is -2.39.